The average Bonchev–Trinajstić information content (AvgIpc) is 3.18. The van der Waals surface area contributed by atoms with Gasteiger partial charge in [0.1, 0.15) is 17.6 Å². The summed E-state index contributed by atoms with van der Waals surface area (Å²) in [5.74, 6) is -0.322. The van der Waals surface area contributed by atoms with Crippen molar-refractivity contribution in [3.63, 3.8) is 0 Å². The number of rotatable bonds is 6. The summed E-state index contributed by atoms with van der Waals surface area (Å²) < 4.78 is 55.9. The van der Waals surface area contributed by atoms with Gasteiger partial charge in [-0.05, 0) is 58.4 Å². The minimum absolute atomic E-state index is 0.0273. The van der Waals surface area contributed by atoms with E-state index in [0.717, 1.165) is 23.0 Å². The summed E-state index contributed by atoms with van der Waals surface area (Å²) in [4.78, 5) is 14.2. The van der Waals surface area contributed by atoms with Crippen LogP contribution in [-0.2, 0) is 28.5 Å². The molecule has 1 saturated heterocycles. The standard InChI is InChI=1S/C22H21BrF3N3O3S/c23-19-11-15-5-6-28(13-18(31)14-30)20(15)12-21(19)33(32)29-9-7-27(8-10-29)17-3-1-16(2-4-17)22(24,25)26/h1-6,11-12,30H,7-10,13-14H2. The van der Waals surface area contributed by atoms with Crippen LogP contribution >= 0.6 is 15.9 Å². The number of Topliss-reactive ketones (excluding diaryl/α,β-unsaturated/α-hetero) is 1. The Labute approximate surface area is 199 Å². The normalized spacial score (nSPS) is 16.3. The van der Waals surface area contributed by atoms with Crippen molar-refractivity contribution in [2.45, 2.75) is 17.6 Å². The van der Waals surface area contributed by atoms with Gasteiger partial charge in [0.25, 0.3) is 0 Å². The van der Waals surface area contributed by atoms with Gasteiger partial charge in [-0.1, -0.05) is 0 Å². The molecule has 0 amide bonds. The average molecular weight is 544 g/mol. The smallest absolute Gasteiger partial charge is 0.389 e. The van der Waals surface area contributed by atoms with Gasteiger partial charge in [-0.15, -0.1) is 0 Å². The number of carbonyl (C=O) groups excluding carboxylic acids is 1. The van der Waals surface area contributed by atoms with E-state index in [1.807, 2.05) is 21.3 Å². The van der Waals surface area contributed by atoms with Crippen LogP contribution in [0.5, 0.6) is 0 Å². The summed E-state index contributed by atoms with van der Waals surface area (Å²) in [6, 6.07) is 10.5. The van der Waals surface area contributed by atoms with E-state index in [0.29, 0.717) is 41.2 Å². The van der Waals surface area contributed by atoms with Gasteiger partial charge in [-0.2, -0.15) is 13.2 Å². The van der Waals surface area contributed by atoms with Gasteiger partial charge in [-0.3, -0.25) is 4.79 Å². The lowest BCUT2D eigenvalue weighted by atomic mass is 10.2. The van der Waals surface area contributed by atoms with Gasteiger partial charge < -0.3 is 14.6 Å². The van der Waals surface area contributed by atoms with Gasteiger partial charge in [0.2, 0.25) is 0 Å². The number of alkyl halides is 3. The highest BCUT2D eigenvalue weighted by Gasteiger charge is 2.30. The first-order valence-corrected chi connectivity index (χ1v) is 12.1. The van der Waals surface area contributed by atoms with E-state index < -0.39 is 29.3 Å². The molecule has 0 radical (unpaired) electrons. The quantitative estimate of drug-likeness (QED) is 0.513. The highest BCUT2D eigenvalue weighted by Crippen LogP contribution is 2.32. The van der Waals surface area contributed by atoms with E-state index in [-0.39, 0.29) is 12.3 Å². The van der Waals surface area contributed by atoms with Crippen molar-refractivity contribution in [2.24, 2.45) is 0 Å². The van der Waals surface area contributed by atoms with Crippen molar-refractivity contribution in [2.75, 3.05) is 37.7 Å². The lowest BCUT2D eigenvalue weighted by Gasteiger charge is -2.35. The Morgan fingerprint density at radius 2 is 1.73 bits per heavy atom. The maximum atomic E-state index is 13.3. The lowest BCUT2D eigenvalue weighted by molar-refractivity contribution is -0.137. The van der Waals surface area contributed by atoms with Gasteiger partial charge >= 0.3 is 6.18 Å². The number of fused-ring (bicyclic) bond motifs is 1. The first-order valence-electron chi connectivity index (χ1n) is 10.2. The van der Waals surface area contributed by atoms with Gasteiger partial charge in [0.05, 0.1) is 17.0 Å². The van der Waals surface area contributed by atoms with E-state index in [1.54, 1.807) is 16.8 Å². The molecular formula is C22H21BrF3N3O3S. The number of ketones is 1. The minimum Gasteiger partial charge on any atom is -0.389 e. The second-order valence-corrected chi connectivity index (χ2v) is 10.0. The number of aliphatic hydroxyl groups excluding tert-OH is 1. The predicted octanol–water partition coefficient (Wildman–Crippen LogP) is 3.83. The van der Waals surface area contributed by atoms with Crippen LogP contribution in [0.15, 0.2) is 58.0 Å². The lowest BCUT2D eigenvalue weighted by Crippen LogP contribution is -2.47. The van der Waals surface area contributed by atoms with Crippen LogP contribution in [0.2, 0.25) is 0 Å². The number of hydrogen-bond donors (Lipinski definition) is 1. The van der Waals surface area contributed by atoms with Gasteiger partial charge in [0.15, 0.2) is 5.78 Å². The molecule has 11 heteroatoms. The molecule has 0 aliphatic carbocycles. The number of benzene rings is 2. The summed E-state index contributed by atoms with van der Waals surface area (Å²) in [5, 5.41) is 9.91. The number of carbonyl (C=O) groups is 1. The first-order chi connectivity index (χ1) is 15.7. The maximum absolute atomic E-state index is 13.3. The molecule has 4 rings (SSSR count). The Balaban J connectivity index is 1.47. The third-order valence-corrected chi connectivity index (χ3v) is 8.04. The molecule has 1 fully saturated rings. The Hall–Kier alpha value is -2.21. The molecule has 0 bridgehead atoms. The number of hydrogen-bond acceptors (Lipinski definition) is 4. The summed E-state index contributed by atoms with van der Waals surface area (Å²) in [5.41, 5.74) is 0.755. The molecule has 1 atom stereocenters. The third kappa shape index (κ3) is 5.16. The molecule has 6 nitrogen and oxygen atoms in total. The van der Waals surface area contributed by atoms with E-state index >= 15 is 0 Å². The van der Waals surface area contributed by atoms with Crippen molar-refractivity contribution in [3.05, 3.63) is 58.7 Å². The number of anilines is 1. The van der Waals surface area contributed by atoms with E-state index in [2.05, 4.69) is 15.9 Å². The molecule has 2 heterocycles. The van der Waals surface area contributed by atoms with Crippen LogP contribution in [0.3, 0.4) is 0 Å². The number of nitrogens with zero attached hydrogens (tertiary/aromatic N) is 3. The first kappa shape index (κ1) is 23.9. The number of halogens is 4. The molecule has 1 aliphatic heterocycles. The van der Waals surface area contributed by atoms with Crippen LogP contribution in [0, 0.1) is 0 Å². The highest BCUT2D eigenvalue weighted by molar-refractivity contribution is 9.10. The Bertz CT molecular complexity index is 1190. The fourth-order valence-corrected chi connectivity index (χ4v) is 5.80. The fraction of sp³-hybridized carbons (Fsp3) is 0.318. The van der Waals surface area contributed by atoms with Crippen molar-refractivity contribution in [1.29, 1.82) is 0 Å². The molecule has 1 N–H and O–H groups in total. The molecule has 0 saturated carbocycles. The summed E-state index contributed by atoms with van der Waals surface area (Å²) in [7, 11) is -1.47. The van der Waals surface area contributed by atoms with Crippen LogP contribution in [0.4, 0.5) is 18.9 Å². The van der Waals surface area contributed by atoms with Gasteiger partial charge in [0, 0.05) is 53.4 Å². The monoisotopic (exact) mass is 543 g/mol. The third-order valence-electron chi connectivity index (χ3n) is 5.57. The Kier molecular flexibility index (Phi) is 6.94. The molecular weight excluding hydrogens is 523 g/mol. The second-order valence-electron chi connectivity index (χ2n) is 7.69. The largest absolute Gasteiger partial charge is 0.416 e. The number of aliphatic hydroxyl groups is 1. The molecule has 176 valence electrons. The summed E-state index contributed by atoms with van der Waals surface area (Å²) >= 11 is 3.49. The van der Waals surface area contributed by atoms with Crippen LogP contribution in [0.1, 0.15) is 5.56 Å². The summed E-state index contributed by atoms with van der Waals surface area (Å²) in [6.45, 7) is 1.48. The molecule has 33 heavy (non-hydrogen) atoms. The molecule has 2 aromatic carbocycles. The van der Waals surface area contributed by atoms with Crippen LogP contribution in [-0.4, -0.2) is 56.8 Å². The van der Waals surface area contributed by atoms with Gasteiger partial charge in [-0.25, -0.2) is 8.51 Å². The molecule has 1 aliphatic rings. The molecule has 0 spiro atoms. The molecule has 1 unspecified atom stereocenters. The Morgan fingerprint density at radius 1 is 1.06 bits per heavy atom. The summed E-state index contributed by atoms with van der Waals surface area (Å²) in [6.07, 6.45) is -2.62. The van der Waals surface area contributed by atoms with Crippen molar-refractivity contribution >= 4 is 49.3 Å². The van der Waals surface area contributed by atoms with E-state index in [9.17, 15) is 22.2 Å². The zero-order chi connectivity index (χ0) is 23.8. The van der Waals surface area contributed by atoms with Crippen molar-refractivity contribution in [3.8, 4) is 0 Å². The Morgan fingerprint density at radius 3 is 2.33 bits per heavy atom. The van der Waals surface area contributed by atoms with Crippen LogP contribution < -0.4 is 4.90 Å². The topological polar surface area (TPSA) is 65.8 Å². The maximum Gasteiger partial charge on any atom is 0.416 e. The van der Waals surface area contributed by atoms with E-state index in [1.165, 1.54) is 12.1 Å². The number of aromatic nitrogens is 1. The van der Waals surface area contributed by atoms with Crippen LogP contribution in [0.25, 0.3) is 10.9 Å². The predicted molar refractivity (Wildman–Crippen MR) is 123 cm³/mol. The second kappa shape index (κ2) is 9.57. The highest BCUT2D eigenvalue weighted by atomic mass is 79.9. The molecule has 3 aromatic rings. The van der Waals surface area contributed by atoms with Crippen molar-refractivity contribution < 1.29 is 27.3 Å². The van der Waals surface area contributed by atoms with E-state index in [4.69, 9.17) is 5.11 Å². The number of piperazine rings is 1. The van der Waals surface area contributed by atoms with Crippen molar-refractivity contribution in [1.82, 2.24) is 8.87 Å². The zero-order valence-corrected chi connectivity index (χ0v) is 19.8. The fourth-order valence-electron chi connectivity index (χ4n) is 3.81. The zero-order valence-electron chi connectivity index (χ0n) is 17.4. The SMILES string of the molecule is O=C(CO)Cn1ccc2cc(Br)c(S(=O)N3CCN(c4ccc(C(F)(F)F)cc4)CC3)cc21. The molecule has 1 aromatic heterocycles. The minimum atomic E-state index is -4.37.